The van der Waals surface area contributed by atoms with Crippen LogP contribution in [0, 0.1) is 0 Å². The molecule has 104 valence electrons. The van der Waals surface area contributed by atoms with Crippen molar-refractivity contribution in [2.45, 2.75) is 6.54 Å². The van der Waals surface area contributed by atoms with E-state index in [9.17, 15) is 4.79 Å². The van der Waals surface area contributed by atoms with Gasteiger partial charge in [-0.25, -0.2) is 4.68 Å². The summed E-state index contributed by atoms with van der Waals surface area (Å²) in [7, 11) is 0. The van der Waals surface area contributed by atoms with Crippen molar-refractivity contribution in [1.82, 2.24) is 20.2 Å². The number of rotatable bonds is 5. The fourth-order valence-electron chi connectivity index (χ4n) is 1.93. The Kier molecular flexibility index (Phi) is 3.68. The molecule has 0 amide bonds. The number of carbonyl (C=O) groups excluding carboxylic acids is 1. The van der Waals surface area contributed by atoms with Crippen LogP contribution in [0.25, 0.3) is 0 Å². The largest absolute Gasteiger partial charge is 0.323 e. The molecular formula is C15H13N5O. The predicted octanol–water partition coefficient (Wildman–Crippen LogP) is 2.28. The van der Waals surface area contributed by atoms with Gasteiger partial charge in [0.05, 0.1) is 6.54 Å². The summed E-state index contributed by atoms with van der Waals surface area (Å²) in [4.78, 5) is 10.6. The summed E-state index contributed by atoms with van der Waals surface area (Å²) in [6.07, 6.45) is 0.809. The molecule has 0 saturated heterocycles. The van der Waals surface area contributed by atoms with E-state index in [0.29, 0.717) is 18.1 Å². The molecule has 2 aromatic carbocycles. The van der Waals surface area contributed by atoms with Crippen LogP contribution in [0.4, 0.5) is 11.6 Å². The van der Waals surface area contributed by atoms with Crippen molar-refractivity contribution in [1.29, 1.82) is 0 Å². The quantitative estimate of drug-likeness (QED) is 0.725. The van der Waals surface area contributed by atoms with Gasteiger partial charge in [-0.1, -0.05) is 35.4 Å². The zero-order valence-electron chi connectivity index (χ0n) is 11.2. The van der Waals surface area contributed by atoms with Crippen LogP contribution >= 0.6 is 0 Å². The number of carbonyl (C=O) groups is 1. The summed E-state index contributed by atoms with van der Waals surface area (Å²) in [5.74, 6) is 0.553. The molecule has 1 N–H and O–H groups in total. The standard InChI is InChI=1S/C15H13N5O/c21-11-13-6-8-14(9-7-13)16-15-17-18-19-20(15)10-12-4-2-1-3-5-12/h1-9,11H,10H2,(H,16,17,19). The zero-order valence-corrected chi connectivity index (χ0v) is 11.2. The Bertz CT molecular complexity index is 721. The summed E-state index contributed by atoms with van der Waals surface area (Å²) in [6.45, 7) is 0.586. The van der Waals surface area contributed by atoms with Crippen LogP contribution in [-0.4, -0.2) is 26.5 Å². The highest BCUT2D eigenvalue weighted by Gasteiger charge is 2.06. The number of aromatic nitrogens is 4. The zero-order chi connectivity index (χ0) is 14.5. The number of aldehydes is 1. The Morgan fingerprint density at radius 1 is 1.05 bits per heavy atom. The highest BCUT2D eigenvalue weighted by molar-refractivity contribution is 5.75. The van der Waals surface area contributed by atoms with Crippen LogP contribution in [0.15, 0.2) is 54.6 Å². The lowest BCUT2D eigenvalue weighted by Gasteiger charge is -2.07. The Balaban J connectivity index is 1.77. The Hall–Kier alpha value is -3.02. The number of hydrogen-bond acceptors (Lipinski definition) is 5. The van der Waals surface area contributed by atoms with Crippen LogP contribution in [0.5, 0.6) is 0 Å². The first-order chi connectivity index (χ1) is 10.3. The molecule has 21 heavy (non-hydrogen) atoms. The predicted molar refractivity (Wildman–Crippen MR) is 78.5 cm³/mol. The molecule has 1 heterocycles. The van der Waals surface area contributed by atoms with Crippen molar-refractivity contribution >= 4 is 17.9 Å². The molecule has 0 aliphatic carbocycles. The number of nitrogens with zero attached hydrogens (tertiary/aromatic N) is 4. The number of hydrogen-bond donors (Lipinski definition) is 1. The van der Waals surface area contributed by atoms with Gasteiger partial charge >= 0.3 is 0 Å². The molecular weight excluding hydrogens is 266 g/mol. The summed E-state index contributed by atoms with van der Waals surface area (Å²) in [5.41, 5.74) is 2.57. The molecule has 0 atom stereocenters. The maximum Gasteiger partial charge on any atom is 0.247 e. The third kappa shape index (κ3) is 3.11. The molecule has 0 bridgehead atoms. The summed E-state index contributed by atoms with van der Waals surface area (Å²) in [5, 5.41) is 14.8. The first-order valence-corrected chi connectivity index (χ1v) is 6.47. The monoisotopic (exact) mass is 279 g/mol. The second-order valence-corrected chi connectivity index (χ2v) is 4.51. The van der Waals surface area contributed by atoms with Gasteiger partial charge in [0, 0.05) is 11.3 Å². The third-order valence-corrected chi connectivity index (χ3v) is 3.01. The third-order valence-electron chi connectivity index (χ3n) is 3.01. The number of nitrogens with one attached hydrogen (secondary N) is 1. The van der Waals surface area contributed by atoms with E-state index in [4.69, 9.17) is 0 Å². The lowest BCUT2D eigenvalue weighted by molar-refractivity contribution is 0.112. The number of tetrazole rings is 1. The molecule has 3 rings (SSSR count). The molecule has 0 aliphatic rings. The van der Waals surface area contributed by atoms with Gasteiger partial charge in [-0.15, -0.1) is 0 Å². The molecule has 0 radical (unpaired) electrons. The maximum atomic E-state index is 10.6. The van der Waals surface area contributed by atoms with Crippen molar-refractivity contribution in [3.63, 3.8) is 0 Å². The van der Waals surface area contributed by atoms with E-state index in [1.807, 2.05) is 42.5 Å². The summed E-state index contributed by atoms with van der Waals surface area (Å²) < 4.78 is 1.68. The molecule has 0 unspecified atom stereocenters. The molecule has 6 nitrogen and oxygen atoms in total. The fraction of sp³-hybridized carbons (Fsp3) is 0.0667. The van der Waals surface area contributed by atoms with E-state index in [1.54, 1.807) is 16.8 Å². The normalized spacial score (nSPS) is 10.3. The van der Waals surface area contributed by atoms with Crippen LogP contribution in [0.2, 0.25) is 0 Å². The Labute approximate surface area is 121 Å². The van der Waals surface area contributed by atoms with Crippen molar-refractivity contribution in [3.05, 3.63) is 65.7 Å². The Morgan fingerprint density at radius 2 is 1.81 bits per heavy atom. The van der Waals surface area contributed by atoms with Gasteiger partial charge in [0.1, 0.15) is 6.29 Å². The van der Waals surface area contributed by atoms with Crippen molar-refractivity contribution in [3.8, 4) is 0 Å². The van der Waals surface area contributed by atoms with Crippen LogP contribution in [-0.2, 0) is 6.54 Å². The van der Waals surface area contributed by atoms with E-state index in [2.05, 4.69) is 20.8 Å². The minimum atomic E-state index is 0.553. The molecule has 0 spiro atoms. The fourth-order valence-corrected chi connectivity index (χ4v) is 1.93. The highest BCUT2D eigenvalue weighted by atomic mass is 16.1. The van der Waals surface area contributed by atoms with E-state index >= 15 is 0 Å². The van der Waals surface area contributed by atoms with Crippen molar-refractivity contribution in [2.24, 2.45) is 0 Å². The SMILES string of the molecule is O=Cc1ccc(Nc2nnnn2Cc2ccccc2)cc1. The van der Waals surface area contributed by atoms with E-state index in [1.165, 1.54) is 0 Å². The van der Waals surface area contributed by atoms with Crippen molar-refractivity contribution < 1.29 is 4.79 Å². The molecule has 6 heteroatoms. The summed E-state index contributed by atoms with van der Waals surface area (Å²) in [6, 6.07) is 17.1. The van der Waals surface area contributed by atoms with Crippen LogP contribution in [0.3, 0.4) is 0 Å². The van der Waals surface area contributed by atoms with Gasteiger partial charge in [0.15, 0.2) is 0 Å². The number of anilines is 2. The highest BCUT2D eigenvalue weighted by Crippen LogP contribution is 2.14. The van der Waals surface area contributed by atoms with Gasteiger partial charge in [-0.2, -0.15) is 0 Å². The summed E-state index contributed by atoms with van der Waals surface area (Å²) >= 11 is 0. The topological polar surface area (TPSA) is 72.7 Å². The molecule has 1 aromatic heterocycles. The first kappa shape index (κ1) is 13.0. The first-order valence-electron chi connectivity index (χ1n) is 6.47. The maximum absolute atomic E-state index is 10.6. The van der Waals surface area contributed by atoms with E-state index < -0.39 is 0 Å². The minimum Gasteiger partial charge on any atom is -0.323 e. The molecule has 0 saturated carbocycles. The lowest BCUT2D eigenvalue weighted by Crippen LogP contribution is -2.06. The average molecular weight is 279 g/mol. The van der Waals surface area contributed by atoms with E-state index in [0.717, 1.165) is 17.5 Å². The second-order valence-electron chi connectivity index (χ2n) is 4.51. The van der Waals surface area contributed by atoms with E-state index in [-0.39, 0.29) is 0 Å². The van der Waals surface area contributed by atoms with Gasteiger partial charge in [-0.05, 0) is 40.3 Å². The molecule has 3 aromatic rings. The lowest BCUT2D eigenvalue weighted by atomic mass is 10.2. The molecule has 0 aliphatic heterocycles. The molecule has 0 fully saturated rings. The van der Waals surface area contributed by atoms with Gasteiger partial charge in [0.25, 0.3) is 0 Å². The van der Waals surface area contributed by atoms with Crippen molar-refractivity contribution in [2.75, 3.05) is 5.32 Å². The van der Waals surface area contributed by atoms with Gasteiger partial charge < -0.3 is 5.32 Å². The van der Waals surface area contributed by atoms with Crippen LogP contribution in [0.1, 0.15) is 15.9 Å². The smallest absolute Gasteiger partial charge is 0.247 e. The average Bonchev–Trinajstić information content (AvgIpc) is 2.96. The second kappa shape index (κ2) is 5.96. The van der Waals surface area contributed by atoms with Gasteiger partial charge in [0.2, 0.25) is 5.95 Å². The minimum absolute atomic E-state index is 0.553. The number of benzene rings is 2. The van der Waals surface area contributed by atoms with Gasteiger partial charge in [-0.3, -0.25) is 4.79 Å². The van der Waals surface area contributed by atoms with Crippen LogP contribution < -0.4 is 5.32 Å². The Morgan fingerprint density at radius 3 is 2.52 bits per heavy atom.